The molecule has 6 heteroatoms. The first-order valence-electron chi connectivity index (χ1n) is 5.10. The third-order valence-corrected chi connectivity index (χ3v) is 3.11. The first-order valence-corrected chi connectivity index (χ1v) is 5.86. The van der Waals surface area contributed by atoms with Gasteiger partial charge >= 0.3 is 0 Å². The number of nitrogens with zero attached hydrogens (tertiary/aromatic N) is 2. The van der Waals surface area contributed by atoms with Crippen LogP contribution < -0.4 is 10.7 Å². The number of nitrogens with two attached hydrogens (primary N) is 1. The molecule has 1 aromatic carbocycles. The van der Waals surface area contributed by atoms with E-state index in [1.165, 1.54) is 0 Å². The van der Waals surface area contributed by atoms with Crippen LogP contribution in [-0.4, -0.2) is 17.7 Å². The second kappa shape index (κ2) is 4.55. The lowest BCUT2D eigenvalue weighted by Gasteiger charge is -2.21. The lowest BCUT2D eigenvalue weighted by atomic mass is 10.1. The number of amides is 1. The largest absolute Gasteiger partial charge is 0.364 e. The lowest BCUT2D eigenvalue weighted by molar-refractivity contribution is -0.112. The maximum atomic E-state index is 11.1. The maximum absolute atomic E-state index is 11.1. The van der Waals surface area contributed by atoms with Crippen LogP contribution in [0.15, 0.2) is 23.3 Å². The highest BCUT2D eigenvalue weighted by Crippen LogP contribution is 2.33. The number of hydrazone groups is 1. The van der Waals surface area contributed by atoms with Gasteiger partial charge in [0.05, 0.1) is 16.8 Å². The summed E-state index contributed by atoms with van der Waals surface area (Å²) in [7, 11) is 0. The number of benzene rings is 1. The summed E-state index contributed by atoms with van der Waals surface area (Å²) in [6, 6.07) is 5.20. The van der Waals surface area contributed by atoms with E-state index in [1.807, 2.05) is 6.92 Å². The molecule has 0 aliphatic carbocycles. The van der Waals surface area contributed by atoms with Crippen LogP contribution in [0.2, 0.25) is 10.0 Å². The van der Waals surface area contributed by atoms with E-state index in [0.717, 1.165) is 5.69 Å². The molecule has 0 saturated carbocycles. The second-order valence-corrected chi connectivity index (χ2v) is 4.75. The van der Waals surface area contributed by atoms with Crippen LogP contribution in [0.1, 0.15) is 13.3 Å². The highest BCUT2D eigenvalue weighted by Gasteiger charge is 2.27. The minimum atomic E-state index is -0.496. The first kappa shape index (κ1) is 12.2. The van der Waals surface area contributed by atoms with E-state index in [4.69, 9.17) is 28.9 Å². The molecule has 0 aromatic heterocycles. The van der Waals surface area contributed by atoms with Gasteiger partial charge in [-0.15, -0.1) is 0 Å². The predicted octanol–water partition coefficient (Wildman–Crippen LogP) is 2.43. The van der Waals surface area contributed by atoms with Gasteiger partial charge in [0.1, 0.15) is 5.71 Å². The van der Waals surface area contributed by atoms with Gasteiger partial charge in [-0.05, 0) is 25.1 Å². The minimum absolute atomic E-state index is 0.0520. The Morgan fingerprint density at radius 3 is 2.76 bits per heavy atom. The van der Waals surface area contributed by atoms with Crippen molar-refractivity contribution in [3.05, 3.63) is 28.2 Å². The molecule has 1 aliphatic rings. The Hall–Kier alpha value is -1.26. The van der Waals surface area contributed by atoms with E-state index >= 15 is 0 Å². The molecule has 2 rings (SSSR count). The molecule has 4 nitrogen and oxygen atoms in total. The fraction of sp³-hybridized carbons (Fsp3) is 0.273. The summed E-state index contributed by atoms with van der Waals surface area (Å²) in [5, 5.41) is 6.93. The van der Waals surface area contributed by atoms with Crippen LogP contribution in [0.4, 0.5) is 5.69 Å². The van der Waals surface area contributed by atoms with Crippen LogP contribution in [-0.2, 0) is 4.79 Å². The number of halogens is 2. The fourth-order valence-electron chi connectivity index (χ4n) is 1.74. The van der Waals surface area contributed by atoms with Crippen molar-refractivity contribution in [2.45, 2.75) is 19.4 Å². The van der Waals surface area contributed by atoms with Gasteiger partial charge in [-0.25, -0.2) is 0 Å². The molecule has 0 spiro atoms. The van der Waals surface area contributed by atoms with Gasteiger partial charge in [-0.3, -0.25) is 9.80 Å². The monoisotopic (exact) mass is 271 g/mol. The summed E-state index contributed by atoms with van der Waals surface area (Å²) in [4.78, 5) is 11.1. The highest BCUT2D eigenvalue weighted by molar-refractivity contribution is 6.39. The highest BCUT2D eigenvalue weighted by atomic mass is 35.5. The number of hydrogen-bond acceptors (Lipinski definition) is 3. The van der Waals surface area contributed by atoms with Crippen molar-refractivity contribution in [2.24, 2.45) is 10.8 Å². The third kappa shape index (κ3) is 2.37. The molecule has 1 amide bonds. The number of carbonyl (C=O) groups excluding carboxylic acids is 1. The standard InChI is InChI=1S/C11H11Cl2N3O/c1-6-4-9(11(14)17)15-16(6)10-3-2-7(12)5-8(10)13/h2-3,5-6H,4H2,1H3,(H2,14,17). The molecule has 1 unspecified atom stereocenters. The molecule has 1 atom stereocenters. The van der Waals surface area contributed by atoms with Gasteiger partial charge in [0, 0.05) is 11.4 Å². The zero-order valence-electron chi connectivity index (χ0n) is 9.15. The van der Waals surface area contributed by atoms with Crippen molar-refractivity contribution in [3.8, 4) is 0 Å². The molecule has 1 heterocycles. The minimum Gasteiger partial charge on any atom is -0.364 e. The third-order valence-electron chi connectivity index (χ3n) is 2.58. The number of hydrogen-bond donors (Lipinski definition) is 1. The molecule has 90 valence electrons. The Kier molecular flexibility index (Phi) is 3.26. The Morgan fingerprint density at radius 1 is 1.53 bits per heavy atom. The molecule has 0 radical (unpaired) electrons. The van der Waals surface area contributed by atoms with E-state index in [9.17, 15) is 4.79 Å². The summed E-state index contributed by atoms with van der Waals surface area (Å²) in [5.41, 5.74) is 6.30. The van der Waals surface area contributed by atoms with E-state index in [-0.39, 0.29) is 6.04 Å². The van der Waals surface area contributed by atoms with Gasteiger partial charge in [-0.2, -0.15) is 5.10 Å². The van der Waals surface area contributed by atoms with Crippen LogP contribution in [0.25, 0.3) is 0 Å². The van der Waals surface area contributed by atoms with Crippen molar-refractivity contribution in [3.63, 3.8) is 0 Å². The van der Waals surface area contributed by atoms with Crippen molar-refractivity contribution >= 4 is 40.5 Å². The molecular weight excluding hydrogens is 261 g/mol. The Bertz CT molecular complexity index is 501. The SMILES string of the molecule is CC1CC(C(N)=O)=NN1c1ccc(Cl)cc1Cl. The second-order valence-electron chi connectivity index (χ2n) is 3.90. The van der Waals surface area contributed by atoms with Crippen LogP contribution in [0.3, 0.4) is 0 Å². The normalized spacial score (nSPS) is 19.4. The molecule has 1 aliphatic heterocycles. The van der Waals surface area contributed by atoms with Crippen LogP contribution >= 0.6 is 23.2 Å². The quantitative estimate of drug-likeness (QED) is 0.898. The summed E-state index contributed by atoms with van der Waals surface area (Å²) >= 11 is 11.9. The maximum Gasteiger partial charge on any atom is 0.264 e. The summed E-state index contributed by atoms with van der Waals surface area (Å²) in [6.07, 6.45) is 0.522. The average Bonchev–Trinajstić information content (AvgIpc) is 2.61. The Balaban J connectivity index is 2.37. The molecule has 0 fully saturated rings. The summed E-state index contributed by atoms with van der Waals surface area (Å²) < 4.78 is 0. The molecule has 2 N–H and O–H groups in total. The zero-order valence-corrected chi connectivity index (χ0v) is 10.7. The van der Waals surface area contributed by atoms with E-state index < -0.39 is 5.91 Å². The van der Waals surface area contributed by atoms with Crippen LogP contribution in [0, 0.1) is 0 Å². The molecule has 0 saturated heterocycles. The van der Waals surface area contributed by atoms with Gasteiger partial charge in [-0.1, -0.05) is 23.2 Å². The van der Waals surface area contributed by atoms with Crippen LogP contribution in [0.5, 0.6) is 0 Å². The summed E-state index contributed by atoms with van der Waals surface area (Å²) in [5.74, 6) is -0.496. The van der Waals surface area contributed by atoms with E-state index in [0.29, 0.717) is 22.2 Å². The molecule has 1 aromatic rings. The Morgan fingerprint density at radius 2 is 2.24 bits per heavy atom. The number of carbonyl (C=O) groups is 1. The fourth-order valence-corrected chi connectivity index (χ4v) is 2.24. The van der Waals surface area contributed by atoms with Gasteiger partial charge in [0.15, 0.2) is 0 Å². The van der Waals surface area contributed by atoms with E-state index in [2.05, 4.69) is 5.10 Å². The first-order chi connectivity index (χ1) is 7.99. The summed E-state index contributed by atoms with van der Waals surface area (Å²) in [6.45, 7) is 1.95. The van der Waals surface area contributed by atoms with E-state index in [1.54, 1.807) is 23.2 Å². The molecule has 0 bridgehead atoms. The molecule has 17 heavy (non-hydrogen) atoms. The van der Waals surface area contributed by atoms with Gasteiger partial charge < -0.3 is 5.73 Å². The zero-order chi connectivity index (χ0) is 12.6. The van der Waals surface area contributed by atoms with Gasteiger partial charge in [0.25, 0.3) is 5.91 Å². The number of anilines is 1. The topological polar surface area (TPSA) is 58.7 Å². The van der Waals surface area contributed by atoms with Crippen molar-refractivity contribution in [2.75, 3.05) is 5.01 Å². The Labute approximate surface area is 109 Å². The lowest BCUT2D eigenvalue weighted by Crippen LogP contribution is -2.24. The number of primary amides is 1. The van der Waals surface area contributed by atoms with Crippen molar-refractivity contribution < 1.29 is 4.79 Å². The average molecular weight is 272 g/mol. The van der Waals surface area contributed by atoms with Crippen molar-refractivity contribution in [1.82, 2.24) is 0 Å². The smallest absolute Gasteiger partial charge is 0.264 e. The molecular formula is C11H11Cl2N3O. The predicted molar refractivity (Wildman–Crippen MR) is 69.6 cm³/mol. The van der Waals surface area contributed by atoms with Crippen molar-refractivity contribution in [1.29, 1.82) is 0 Å². The van der Waals surface area contributed by atoms with Gasteiger partial charge in [0.2, 0.25) is 0 Å². The number of rotatable bonds is 2.